The molecule has 0 radical (unpaired) electrons. The maximum absolute atomic E-state index is 5.45. The molecule has 0 saturated carbocycles. The Bertz CT molecular complexity index is 485. The molecule has 1 heterocycles. The van der Waals surface area contributed by atoms with Crippen LogP contribution in [0.4, 0.5) is 0 Å². The van der Waals surface area contributed by atoms with E-state index in [0.29, 0.717) is 6.61 Å². The summed E-state index contributed by atoms with van der Waals surface area (Å²) in [4.78, 5) is 8.66. The fraction of sp³-hybridized carbons (Fsp3) is 0.333. The van der Waals surface area contributed by atoms with Gasteiger partial charge < -0.3 is 10.1 Å². The highest BCUT2D eigenvalue weighted by atomic mass is 16.5. The van der Waals surface area contributed by atoms with Crippen LogP contribution < -0.4 is 10.1 Å². The van der Waals surface area contributed by atoms with E-state index in [4.69, 9.17) is 4.74 Å². The van der Waals surface area contributed by atoms with Crippen LogP contribution in [0.5, 0.6) is 5.75 Å². The second kappa shape index (κ2) is 6.85. The highest BCUT2D eigenvalue weighted by Crippen LogP contribution is 2.21. The van der Waals surface area contributed by atoms with Crippen LogP contribution in [0.3, 0.4) is 0 Å². The zero-order chi connectivity index (χ0) is 13.5. The molecule has 1 aromatic heterocycles. The Balaban J connectivity index is 2.24. The predicted octanol–water partition coefficient (Wildman–Crippen LogP) is 2.57. The maximum atomic E-state index is 5.45. The van der Waals surface area contributed by atoms with Crippen LogP contribution in [0.2, 0.25) is 0 Å². The lowest BCUT2D eigenvalue weighted by atomic mass is 10.1. The van der Waals surface area contributed by atoms with Gasteiger partial charge in [0, 0.05) is 12.4 Å². The Hall–Kier alpha value is -1.94. The first-order chi connectivity index (χ1) is 9.35. The second-order valence-electron chi connectivity index (χ2n) is 4.10. The molecule has 2 aromatic rings. The van der Waals surface area contributed by atoms with Crippen molar-refractivity contribution < 1.29 is 4.74 Å². The van der Waals surface area contributed by atoms with Gasteiger partial charge in [-0.15, -0.1) is 0 Å². The predicted molar refractivity (Wildman–Crippen MR) is 75.2 cm³/mol. The van der Waals surface area contributed by atoms with E-state index in [9.17, 15) is 0 Å². The van der Waals surface area contributed by atoms with E-state index in [1.54, 1.807) is 12.4 Å². The fourth-order valence-corrected chi connectivity index (χ4v) is 1.95. The molecule has 0 spiro atoms. The summed E-state index contributed by atoms with van der Waals surface area (Å²) in [6, 6.07) is 9.90. The number of nitrogens with zero attached hydrogens (tertiary/aromatic N) is 2. The third-order valence-electron chi connectivity index (χ3n) is 2.78. The van der Waals surface area contributed by atoms with Crippen molar-refractivity contribution in [1.82, 2.24) is 15.3 Å². The maximum Gasteiger partial charge on any atom is 0.149 e. The van der Waals surface area contributed by atoms with Crippen molar-refractivity contribution in [1.29, 1.82) is 0 Å². The highest BCUT2D eigenvalue weighted by Gasteiger charge is 2.15. The number of hydrogen-bond acceptors (Lipinski definition) is 4. The molecule has 100 valence electrons. The fourth-order valence-electron chi connectivity index (χ4n) is 1.95. The molecule has 0 aliphatic carbocycles. The summed E-state index contributed by atoms with van der Waals surface area (Å²) in [7, 11) is 0. The van der Waals surface area contributed by atoms with Gasteiger partial charge in [-0.05, 0) is 37.2 Å². The zero-order valence-electron chi connectivity index (χ0n) is 11.3. The number of aromatic nitrogens is 2. The monoisotopic (exact) mass is 257 g/mol. The molecule has 0 bridgehead atoms. The van der Waals surface area contributed by atoms with E-state index in [-0.39, 0.29) is 6.04 Å². The molecule has 1 N–H and O–H groups in total. The topological polar surface area (TPSA) is 47.0 Å². The molecule has 4 heteroatoms. The van der Waals surface area contributed by atoms with E-state index < -0.39 is 0 Å². The third-order valence-corrected chi connectivity index (χ3v) is 2.78. The summed E-state index contributed by atoms with van der Waals surface area (Å²) >= 11 is 0. The lowest BCUT2D eigenvalue weighted by molar-refractivity contribution is 0.340. The summed E-state index contributed by atoms with van der Waals surface area (Å²) in [5, 5.41) is 3.40. The molecular weight excluding hydrogens is 238 g/mol. The lowest BCUT2D eigenvalue weighted by Crippen LogP contribution is -2.23. The summed E-state index contributed by atoms with van der Waals surface area (Å²) in [5.74, 6) is 1.67. The van der Waals surface area contributed by atoms with E-state index >= 15 is 0 Å². The standard InChI is InChI=1S/C15H19N3O/c1-3-16-14(15-17-10-5-11-18-15)12-6-8-13(9-7-12)19-4-2/h5-11,14,16H,3-4H2,1-2H3. The van der Waals surface area contributed by atoms with Crippen molar-refractivity contribution in [3.8, 4) is 5.75 Å². The van der Waals surface area contributed by atoms with Crippen LogP contribution in [0.15, 0.2) is 42.7 Å². The van der Waals surface area contributed by atoms with Crippen molar-refractivity contribution in [3.63, 3.8) is 0 Å². The van der Waals surface area contributed by atoms with Gasteiger partial charge in [-0.25, -0.2) is 9.97 Å². The van der Waals surface area contributed by atoms with Crippen molar-refractivity contribution in [3.05, 3.63) is 54.1 Å². The molecule has 0 aliphatic heterocycles. The Labute approximate surface area is 113 Å². The number of nitrogens with one attached hydrogen (secondary N) is 1. The Morgan fingerprint density at radius 3 is 2.37 bits per heavy atom. The van der Waals surface area contributed by atoms with Crippen molar-refractivity contribution in [2.45, 2.75) is 19.9 Å². The molecule has 0 saturated heterocycles. The van der Waals surface area contributed by atoms with Crippen molar-refractivity contribution in [2.75, 3.05) is 13.2 Å². The van der Waals surface area contributed by atoms with Gasteiger partial charge in [0.1, 0.15) is 11.6 Å². The molecule has 4 nitrogen and oxygen atoms in total. The minimum atomic E-state index is 0.0156. The van der Waals surface area contributed by atoms with Gasteiger partial charge in [0.25, 0.3) is 0 Å². The van der Waals surface area contributed by atoms with E-state index in [2.05, 4.69) is 34.3 Å². The van der Waals surface area contributed by atoms with Gasteiger partial charge in [0.2, 0.25) is 0 Å². The van der Waals surface area contributed by atoms with Crippen LogP contribution >= 0.6 is 0 Å². The Morgan fingerprint density at radius 2 is 1.79 bits per heavy atom. The number of benzene rings is 1. The lowest BCUT2D eigenvalue weighted by Gasteiger charge is -2.17. The van der Waals surface area contributed by atoms with Crippen LogP contribution in [0.25, 0.3) is 0 Å². The van der Waals surface area contributed by atoms with Gasteiger partial charge in [0.05, 0.1) is 12.6 Å². The smallest absolute Gasteiger partial charge is 0.149 e. The normalized spacial score (nSPS) is 12.1. The SMILES string of the molecule is CCNC(c1ccc(OCC)cc1)c1ncccn1. The first-order valence-electron chi connectivity index (χ1n) is 6.58. The highest BCUT2D eigenvalue weighted by molar-refractivity contribution is 5.31. The largest absolute Gasteiger partial charge is 0.494 e. The molecule has 19 heavy (non-hydrogen) atoms. The molecule has 1 atom stereocenters. The van der Waals surface area contributed by atoms with Crippen LogP contribution in [0.1, 0.15) is 31.3 Å². The minimum Gasteiger partial charge on any atom is -0.494 e. The summed E-state index contributed by atoms with van der Waals surface area (Å²) < 4.78 is 5.45. The molecule has 0 aliphatic rings. The van der Waals surface area contributed by atoms with Crippen molar-refractivity contribution >= 4 is 0 Å². The second-order valence-corrected chi connectivity index (χ2v) is 4.10. The van der Waals surface area contributed by atoms with E-state index in [1.165, 1.54) is 0 Å². The quantitative estimate of drug-likeness (QED) is 0.864. The Morgan fingerprint density at radius 1 is 1.11 bits per heavy atom. The van der Waals surface area contributed by atoms with Gasteiger partial charge in [-0.2, -0.15) is 0 Å². The third kappa shape index (κ3) is 3.51. The first-order valence-corrected chi connectivity index (χ1v) is 6.58. The summed E-state index contributed by atoms with van der Waals surface area (Å²) in [6.07, 6.45) is 3.53. The van der Waals surface area contributed by atoms with E-state index in [0.717, 1.165) is 23.7 Å². The van der Waals surface area contributed by atoms with Crippen LogP contribution in [-0.4, -0.2) is 23.1 Å². The Kier molecular flexibility index (Phi) is 4.86. The number of ether oxygens (including phenoxy) is 1. The summed E-state index contributed by atoms with van der Waals surface area (Å²) in [5.41, 5.74) is 1.14. The van der Waals surface area contributed by atoms with Gasteiger partial charge in [-0.3, -0.25) is 0 Å². The van der Waals surface area contributed by atoms with Gasteiger partial charge in [-0.1, -0.05) is 19.1 Å². The first kappa shape index (κ1) is 13.5. The molecule has 2 rings (SSSR count). The summed E-state index contributed by atoms with van der Waals surface area (Å²) in [6.45, 7) is 5.59. The van der Waals surface area contributed by atoms with Crippen molar-refractivity contribution in [2.24, 2.45) is 0 Å². The number of hydrogen-bond donors (Lipinski definition) is 1. The molecular formula is C15H19N3O. The molecule has 0 amide bonds. The van der Waals surface area contributed by atoms with Gasteiger partial charge in [0.15, 0.2) is 0 Å². The van der Waals surface area contributed by atoms with Crippen LogP contribution in [-0.2, 0) is 0 Å². The average molecular weight is 257 g/mol. The number of rotatable bonds is 6. The average Bonchev–Trinajstić information content (AvgIpc) is 2.47. The zero-order valence-corrected chi connectivity index (χ0v) is 11.3. The molecule has 1 unspecified atom stereocenters. The minimum absolute atomic E-state index is 0.0156. The van der Waals surface area contributed by atoms with E-state index in [1.807, 2.05) is 25.1 Å². The molecule has 1 aromatic carbocycles. The van der Waals surface area contributed by atoms with Gasteiger partial charge >= 0.3 is 0 Å². The molecule has 0 fully saturated rings. The van der Waals surface area contributed by atoms with Crippen LogP contribution in [0, 0.1) is 0 Å².